The number of benzene rings is 3. The highest BCUT2D eigenvalue weighted by atomic mass is 35.5. The summed E-state index contributed by atoms with van der Waals surface area (Å²) in [5.74, 6) is 0.465. The fourth-order valence-electron chi connectivity index (χ4n) is 4.09. The molecule has 0 heterocycles. The number of hydrogen-bond acceptors (Lipinski definition) is 5. The number of amides is 1. The monoisotopic (exact) mass is 480 g/mol. The minimum Gasteiger partial charge on any atom is -0.457 e. The summed E-state index contributed by atoms with van der Waals surface area (Å²) in [5.41, 5.74) is 0.276. The van der Waals surface area contributed by atoms with E-state index in [0.29, 0.717) is 34.9 Å². The predicted octanol–water partition coefficient (Wildman–Crippen LogP) is 5.32. The molecule has 1 aliphatic carbocycles. The summed E-state index contributed by atoms with van der Waals surface area (Å²) in [4.78, 5) is 13.2. The SMILES string of the molecule is N#Cc1ccc(C2(C(=O)NS(=O)(=O)c3ccc(Oc4ccc(Cl)cc4)cc3)CCCC2)cc1. The van der Waals surface area contributed by atoms with Crippen LogP contribution in [0.2, 0.25) is 5.02 Å². The van der Waals surface area contributed by atoms with Gasteiger partial charge in [0.1, 0.15) is 11.5 Å². The zero-order valence-corrected chi connectivity index (χ0v) is 19.2. The van der Waals surface area contributed by atoms with Crippen molar-refractivity contribution in [3.63, 3.8) is 0 Å². The van der Waals surface area contributed by atoms with Crippen molar-refractivity contribution in [1.82, 2.24) is 4.72 Å². The molecule has 3 aromatic carbocycles. The normalized spacial score (nSPS) is 14.9. The Labute approximate surface area is 197 Å². The van der Waals surface area contributed by atoms with Gasteiger partial charge < -0.3 is 4.74 Å². The Morgan fingerprint density at radius 2 is 1.45 bits per heavy atom. The molecule has 1 N–H and O–H groups in total. The van der Waals surface area contributed by atoms with Crippen LogP contribution in [0.3, 0.4) is 0 Å². The van der Waals surface area contributed by atoms with E-state index in [-0.39, 0.29) is 4.90 Å². The maximum Gasteiger partial charge on any atom is 0.264 e. The van der Waals surface area contributed by atoms with Crippen molar-refractivity contribution in [1.29, 1.82) is 5.26 Å². The zero-order chi connectivity index (χ0) is 23.5. The number of halogens is 1. The molecule has 6 nitrogen and oxygen atoms in total. The van der Waals surface area contributed by atoms with Crippen molar-refractivity contribution >= 4 is 27.5 Å². The molecule has 0 atom stereocenters. The molecule has 33 heavy (non-hydrogen) atoms. The molecule has 1 fully saturated rings. The Morgan fingerprint density at radius 1 is 0.909 bits per heavy atom. The third-order valence-corrected chi connectivity index (χ3v) is 7.47. The van der Waals surface area contributed by atoms with Gasteiger partial charge in [-0.15, -0.1) is 0 Å². The van der Waals surface area contributed by atoms with E-state index in [0.717, 1.165) is 18.4 Å². The topological polar surface area (TPSA) is 96.3 Å². The summed E-state index contributed by atoms with van der Waals surface area (Å²) in [6.07, 6.45) is 2.75. The Morgan fingerprint density at radius 3 is 2.00 bits per heavy atom. The lowest BCUT2D eigenvalue weighted by atomic mass is 9.78. The summed E-state index contributed by atoms with van der Waals surface area (Å²) >= 11 is 5.87. The minimum atomic E-state index is -4.08. The zero-order valence-electron chi connectivity index (χ0n) is 17.6. The molecule has 1 amide bonds. The highest BCUT2D eigenvalue weighted by Crippen LogP contribution is 2.41. The first kappa shape index (κ1) is 22.8. The maximum absolute atomic E-state index is 13.3. The van der Waals surface area contributed by atoms with Crippen molar-refractivity contribution in [2.24, 2.45) is 0 Å². The van der Waals surface area contributed by atoms with Crippen LogP contribution in [0.5, 0.6) is 11.5 Å². The largest absolute Gasteiger partial charge is 0.457 e. The van der Waals surface area contributed by atoms with Crippen LogP contribution >= 0.6 is 11.6 Å². The Kier molecular flexibility index (Phi) is 6.41. The lowest BCUT2D eigenvalue weighted by Gasteiger charge is -2.28. The standard InChI is InChI=1S/C25H21ClN2O4S/c26-20-7-9-21(10-8-20)32-22-11-13-23(14-12-22)33(30,31)28-24(29)25(15-1-2-16-25)19-5-3-18(17-27)4-6-19/h3-14H,1-2,15-16H2,(H,28,29). The molecule has 0 saturated heterocycles. The fraction of sp³-hybridized carbons (Fsp3) is 0.200. The molecular weight excluding hydrogens is 460 g/mol. The first-order valence-corrected chi connectivity index (χ1v) is 12.3. The van der Waals surface area contributed by atoms with E-state index >= 15 is 0 Å². The van der Waals surface area contributed by atoms with Gasteiger partial charge in [0.05, 0.1) is 21.9 Å². The van der Waals surface area contributed by atoms with Gasteiger partial charge >= 0.3 is 0 Å². The van der Waals surface area contributed by atoms with Crippen molar-refractivity contribution in [3.8, 4) is 17.6 Å². The quantitative estimate of drug-likeness (QED) is 0.515. The van der Waals surface area contributed by atoms with E-state index in [2.05, 4.69) is 10.8 Å². The van der Waals surface area contributed by atoms with E-state index in [4.69, 9.17) is 21.6 Å². The number of nitrogens with one attached hydrogen (secondary N) is 1. The van der Waals surface area contributed by atoms with Gasteiger partial charge in [0.2, 0.25) is 5.91 Å². The van der Waals surface area contributed by atoms with Crippen molar-refractivity contribution in [2.45, 2.75) is 36.0 Å². The van der Waals surface area contributed by atoms with Gasteiger partial charge in [0.25, 0.3) is 10.0 Å². The van der Waals surface area contributed by atoms with E-state index in [1.807, 2.05) is 0 Å². The molecule has 0 spiro atoms. The number of nitriles is 1. The molecule has 0 aliphatic heterocycles. The van der Waals surface area contributed by atoms with Crippen LogP contribution < -0.4 is 9.46 Å². The van der Waals surface area contributed by atoms with Crippen molar-refractivity contribution in [2.75, 3.05) is 0 Å². The van der Waals surface area contributed by atoms with Gasteiger partial charge in [-0.05, 0) is 79.1 Å². The molecule has 0 unspecified atom stereocenters. The molecular formula is C25H21ClN2O4S. The molecule has 3 aromatic rings. The van der Waals surface area contributed by atoms with Gasteiger partial charge in [0, 0.05) is 5.02 Å². The van der Waals surface area contributed by atoms with Gasteiger partial charge in [-0.2, -0.15) is 5.26 Å². The molecule has 0 aromatic heterocycles. The van der Waals surface area contributed by atoms with Crippen molar-refractivity contribution < 1.29 is 17.9 Å². The summed E-state index contributed by atoms with van der Waals surface area (Å²) in [5, 5.41) is 9.62. The Bertz CT molecular complexity index is 1290. The predicted molar refractivity (Wildman–Crippen MR) is 125 cm³/mol. The van der Waals surface area contributed by atoms with Crippen LogP contribution in [0.1, 0.15) is 36.8 Å². The number of hydrogen-bond donors (Lipinski definition) is 1. The fourth-order valence-corrected chi connectivity index (χ4v) is 5.27. The van der Waals surface area contributed by atoms with Crippen LogP contribution in [0, 0.1) is 11.3 Å². The van der Waals surface area contributed by atoms with E-state index < -0.39 is 21.3 Å². The molecule has 1 saturated carbocycles. The van der Waals surface area contributed by atoms with Gasteiger partial charge in [-0.1, -0.05) is 36.6 Å². The second kappa shape index (κ2) is 9.26. The van der Waals surface area contributed by atoms with Gasteiger partial charge in [0.15, 0.2) is 0 Å². The third-order valence-electron chi connectivity index (χ3n) is 5.87. The smallest absolute Gasteiger partial charge is 0.264 e. The van der Waals surface area contributed by atoms with E-state index in [1.165, 1.54) is 24.3 Å². The number of carbonyl (C=O) groups is 1. The lowest BCUT2D eigenvalue weighted by molar-refractivity contribution is -0.124. The van der Waals surface area contributed by atoms with E-state index in [1.54, 1.807) is 48.5 Å². The molecule has 0 radical (unpaired) electrons. The Balaban J connectivity index is 1.52. The lowest BCUT2D eigenvalue weighted by Crippen LogP contribution is -2.45. The number of nitrogens with zero attached hydrogens (tertiary/aromatic N) is 1. The molecule has 0 bridgehead atoms. The highest BCUT2D eigenvalue weighted by Gasteiger charge is 2.44. The summed E-state index contributed by atoms with van der Waals surface area (Å²) in [7, 11) is -4.08. The second-order valence-electron chi connectivity index (χ2n) is 7.94. The van der Waals surface area contributed by atoms with Crippen LogP contribution in [0.25, 0.3) is 0 Å². The van der Waals surface area contributed by atoms with Crippen molar-refractivity contribution in [3.05, 3.63) is 88.9 Å². The number of rotatable bonds is 6. The molecule has 4 rings (SSSR count). The van der Waals surface area contributed by atoms with Gasteiger partial charge in [-0.25, -0.2) is 13.1 Å². The second-order valence-corrected chi connectivity index (χ2v) is 10.1. The third kappa shape index (κ3) is 4.87. The maximum atomic E-state index is 13.3. The minimum absolute atomic E-state index is 0.0349. The molecule has 8 heteroatoms. The first-order valence-electron chi connectivity index (χ1n) is 10.4. The number of carbonyl (C=O) groups excluding carboxylic acids is 1. The first-order chi connectivity index (χ1) is 15.8. The summed E-state index contributed by atoms with van der Waals surface area (Å²) < 4.78 is 33.9. The van der Waals surface area contributed by atoms with Crippen LogP contribution in [0.4, 0.5) is 0 Å². The molecule has 1 aliphatic rings. The average Bonchev–Trinajstić information content (AvgIpc) is 3.32. The van der Waals surface area contributed by atoms with Gasteiger partial charge in [-0.3, -0.25) is 4.79 Å². The Hall–Kier alpha value is -3.34. The number of ether oxygens (including phenoxy) is 1. The van der Waals surface area contributed by atoms with E-state index in [9.17, 15) is 13.2 Å². The molecule has 168 valence electrons. The number of sulfonamides is 1. The summed E-state index contributed by atoms with van der Waals surface area (Å²) in [6.45, 7) is 0. The summed E-state index contributed by atoms with van der Waals surface area (Å²) in [6, 6.07) is 21.5. The van der Waals surface area contributed by atoms with Crippen LogP contribution in [-0.2, 0) is 20.2 Å². The highest BCUT2D eigenvalue weighted by molar-refractivity contribution is 7.90. The average molecular weight is 481 g/mol. The van der Waals surface area contributed by atoms with Crippen LogP contribution in [-0.4, -0.2) is 14.3 Å². The van der Waals surface area contributed by atoms with Crippen LogP contribution in [0.15, 0.2) is 77.7 Å².